The molecule has 0 radical (unpaired) electrons. The Hall–Kier alpha value is -3.28. The van der Waals surface area contributed by atoms with E-state index in [4.69, 9.17) is 19.0 Å². The summed E-state index contributed by atoms with van der Waals surface area (Å²) >= 11 is 0. The normalized spacial score (nSPS) is 10.7. The van der Waals surface area contributed by atoms with Crippen molar-refractivity contribution in [3.8, 4) is 17.2 Å². The van der Waals surface area contributed by atoms with Crippen LogP contribution in [0, 0.1) is 13.8 Å². The number of ether oxygens (including phenoxy) is 2. The number of aliphatic carboxylic acids is 1. The lowest BCUT2D eigenvalue weighted by molar-refractivity contribution is -0.137. The summed E-state index contributed by atoms with van der Waals surface area (Å²) < 4.78 is 16.6. The van der Waals surface area contributed by atoms with Gasteiger partial charge in [-0.3, -0.25) is 9.59 Å². The van der Waals surface area contributed by atoms with Gasteiger partial charge in [0.2, 0.25) is 11.2 Å². The molecule has 26 heavy (non-hydrogen) atoms. The van der Waals surface area contributed by atoms with Gasteiger partial charge in [-0.05, 0) is 43.2 Å². The van der Waals surface area contributed by atoms with Crippen molar-refractivity contribution in [3.05, 3.63) is 64.0 Å². The van der Waals surface area contributed by atoms with Crippen LogP contribution in [0.15, 0.2) is 51.9 Å². The van der Waals surface area contributed by atoms with Gasteiger partial charge in [0.15, 0.2) is 0 Å². The number of aryl methyl sites for hydroxylation is 1. The van der Waals surface area contributed by atoms with Crippen LogP contribution in [0.25, 0.3) is 11.0 Å². The fraction of sp³-hybridized carbons (Fsp3) is 0.200. The van der Waals surface area contributed by atoms with E-state index in [1.54, 1.807) is 24.3 Å². The summed E-state index contributed by atoms with van der Waals surface area (Å²) in [5.74, 6) is 0.201. The van der Waals surface area contributed by atoms with E-state index in [0.717, 1.165) is 11.1 Å². The van der Waals surface area contributed by atoms with Gasteiger partial charge in [0.1, 0.15) is 23.3 Å². The fourth-order valence-electron chi connectivity index (χ4n) is 2.46. The van der Waals surface area contributed by atoms with Gasteiger partial charge in [-0.2, -0.15) is 0 Å². The molecule has 1 N–H and O–H groups in total. The number of carboxylic acid groups (broad SMARTS) is 1. The minimum absolute atomic E-state index is 0.0406. The van der Waals surface area contributed by atoms with Crippen molar-refractivity contribution < 1.29 is 23.8 Å². The monoisotopic (exact) mass is 354 g/mol. The lowest BCUT2D eigenvalue weighted by Gasteiger charge is -2.10. The first-order valence-corrected chi connectivity index (χ1v) is 8.10. The quantitative estimate of drug-likeness (QED) is 0.718. The molecule has 3 rings (SSSR count). The molecule has 2 aromatic carbocycles. The van der Waals surface area contributed by atoms with Gasteiger partial charge < -0.3 is 19.0 Å². The Morgan fingerprint density at radius 2 is 1.96 bits per heavy atom. The average Bonchev–Trinajstić information content (AvgIpc) is 2.61. The number of hydrogen-bond acceptors (Lipinski definition) is 5. The number of hydrogen-bond donors (Lipinski definition) is 1. The summed E-state index contributed by atoms with van der Waals surface area (Å²) in [7, 11) is 0. The summed E-state index contributed by atoms with van der Waals surface area (Å²) in [5, 5.41) is 8.99. The van der Waals surface area contributed by atoms with Gasteiger partial charge in [-0.25, -0.2) is 0 Å². The van der Waals surface area contributed by atoms with Crippen molar-refractivity contribution in [2.24, 2.45) is 0 Å². The van der Waals surface area contributed by atoms with E-state index < -0.39 is 5.97 Å². The van der Waals surface area contributed by atoms with Crippen LogP contribution in [-0.2, 0) is 4.79 Å². The third kappa shape index (κ3) is 3.69. The predicted molar refractivity (Wildman–Crippen MR) is 96.2 cm³/mol. The van der Waals surface area contributed by atoms with Crippen molar-refractivity contribution in [2.45, 2.75) is 20.3 Å². The standard InChI is InChI=1S/C20H18O6/c1-12-4-3-5-16(13(12)2)26-18-11-25-17-10-14(24-9-8-19(21)22)6-7-15(17)20(18)23/h3-7,10-11H,8-9H2,1-2H3,(H,21,22). The molecule has 134 valence electrons. The second kappa shape index (κ2) is 7.31. The van der Waals surface area contributed by atoms with Crippen molar-refractivity contribution in [1.29, 1.82) is 0 Å². The summed E-state index contributed by atoms with van der Waals surface area (Å²) in [6, 6.07) is 10.4. The summed E-state index contributed by atoms with van der Waals surface area (Å²) in [4.78, 5) is 23.2. The minimum atomic E-state index is -0.939. The van der Waals surface area contributed by atoms with Crippen LogP contribution in [0.4, 0.5) is 0 Å². The van der Waals surface area contributed by atoms with Crippen LogP contribution in [0.3, 0.4) is 0 Å². The second-order valence-corrected chi connectivity index (χ2v) is 5.88. The maximum Gasteiger partial charge on any atom is 0.306 e. The van der Waals surface area contributed by atoms with E-state index in [1.807, 2.05) is 26.0 Å². The Kier molecular flexibility index (Phi) is 4.93. The Bertz CT molecular complexity index is 1020. The van der Waals surface area contributed by atoms with Crippen LogP contribution >= 0.6 is 0 Å². The summed E-state index contributed by atoms with van der Waals surface area (Å²) in [6.45, 7) is 3.93. The Labute approximate surface area is 149 Å². The minimum Gasteiger partial charge on any atom is -0.493 e. The highest BCUT2D eigenvalue weighted by Crippen LogP contribution is 2.27. The molecule has 1 heterocycles. The molecule has 0 saturated heterocycles. The second-order valence-electron chi connectivity index (χ2n) is 5.88. The zero-order chi connectivity index (χ0) is 18.7. The van der Waals surface area contributed by atoms with Crippen molar-refractivity contribution >= 4 is 16.9 Å². The van der Waals surface area contributed by atoms with E-state index in [-0.39, 0.29) is 24.2 Å². The molecule has 0 fully saturated rings. The molecule has 6 heteroatoms. The average molecular weight is 354 g/mol. The van der Waals surface area contributed by atoms with Crippen molar-refractivity contribution in [3.63, 3.8) is 0 Å². The highest BCUT2D eigenvalue weighted by Gasteiger charge is 2.12. The molecule has 0 atom stereocenters. The molecule has 0 aliphatic carbocycles. The van der Waals surface area contributed by atoms with E-state index >= 15 is 0 Å². The van der Waals surface area contributed by atoms with Gasteiger partial charge in [0.25, 0.3) is 0 Å². The predicted octanol–water partition coefficient (Wildman–Crippen LogP) is 4.06. The first-order valence-electron chi connectivity index (χ1n) is 8.10. The van der Waals surface area contributed by atoms with Crippen molar-refractivity contribution in [1.82, 2.24) is 0 Å². The highest BCUT2D eigenvalue weighted by atomic mass is 16.5. The molecule has 0 saturated carbocycles. The van der Waals surface area contributed by atoms with Gasteiger partial charge in [0.05, 0.1) is 18.4 Å². The largest absolute Gasteiger partial charge is 0.493 e. The molecule has 0 unspecified atom stereocenters. The van der Waals surface area contributed by atoms with Crippen LogP contribution in [0.1, 0.15) is 17.5 Å². The lowest BCUT2D eigenvalue weighted by atomic mass is 10.1. The number of carboxylic acids is 1. The van der Waals surface area contributed by atoms with Crippen LogP contribution in [0.5, 0.6) is 17.2 Å². The van der Waals surface area contributed by atoms with E-state index in [2.05, 4.69) is 0 Å². The molecular formula is C20H18O6. The van der Waals surface area contributed by atoms with E-state index in [1.165, 1.54) is 6.26 Å². The smallest absolute Gasteiger partial charge is 0.306 e. The van der Waals surface area contributed by atoms with Crippen LogP contribution in [-0.4, -0.2) is 17.7 Å². The Balaban J connectivity index is 1.88. The molecule has 0 amide bonds. The van der Waals surface area contributed by atoms with Crippen LogP contribution in [0.2, 0.25) is 0 Å². The van der Waals surface area contributed by atoms with Crippen LogP contribution < -0.4 is 14.9 Å². The van der Waals surface area contributed by atoms with E-state index in [0.29, 0.717) is 22.5 Å². The van der Waals surface area contributed by atoms with Crippen molar-refractivity contribution in [2.75, 3.05) is 6.61 Å². The lowest BCUT2D eigenvalue weighted by Crippen LogP contribution is -2.07. The SMILES string of the molecule is Cc1cccc(Oc2coc3cc(OCCC(=O)O)ccc3c2=O)c1C. The maximum atomic E-state index is 12.6. The maximum absolute atomic E-state index is 12.6. The molecular weight excluding hydrogens is 336 g/mol. The molecule has 0 aliphatic heterocycles. The molecule has 0 bridgehead atoms. The molecule has 6 nitrogen and oxygen atoms in total. The third-order valence-electron chi connectivity index (χ3n) is 4.07. The first kappa shape index (κ1) is 17.5. The topological polar surface area (TPSA) is 86.0 Å². The molecule has 1 aromatic heterocycles. The zero-order valence-electron chi connectivity index (χ0n) is 14.4. The molecule has 3 aromatic rings. The zero-order valence-corrected chi connectivity index (χ0v) is 14.4. The van der Waals surface area contributed by atoms with E-state index in [9.17, 15) is 9.59 Å². The number of rotatable bonds is 6. The third-order valence-corrected chi connectivity index (χ3v) is 4.07. The number of fused-ring (bicyclic) bond motifs is 1. The Morgan fingerprint density at radius 1 is 1.15 bits per heavy atom. The fourth-order valence-corrected chi connectivity index (χ4v) is 2.46. The van der Waals surface area contributed by atoms with Gasteiger partial charge in [-0.1, -0.05) is 12.1 Å². The van der Waals surface area contributed by atoms with Gasteiger partial charge in [-0.15, -0.1) is 0 Å². The number of benzene rings is 2. The molecule has 0 spiro atoms. The highest BCUT2D eigenvalue weighted by molar-refractivity contribution is 5.79. The summed E-state index contributed by atoms with van der Waals surface area (Å²) in [5.41, 5.74) is 2.07. The number of carbonyl (C=O) groups is 1. The van der Waals surface area contributed by atoms with Gasteiger partial charge in [0, 0.05) is 6.07 Å². The van der Waals surface area contributed by atoms with Gasteiger partial charge >= 0.3 is 5.97 Å². The molecule has 0 aliphatic rings. The Morgan fingerprint density at radius 3 is 2.73 bits per heavy atom. The first-order chi connectivity index (χ1) is 12.5. The summed E-state index contributed by atoms with van der Waals surface area (Å²) in [6.07, 6.45) is 1.16.